The van der Waals surface area contributed by atoms with Crippen LogP contribution in [-0.4, -0.2) is 45.9 Å². The Balaban J connectivity index is 1.63. The molecule has 1 aromatic carbocycles. The Bertz CT molecular complexity index is 953. The minimum absolute atomic E-state index is 0.230. The van der Waals surface area contributed by atoms with Gasteiger partial charge < -0.3 is 20.8 Å². The number of hydrogen-bond acceptors (Lipinski definition) is 7. The molecule has 2 aromatic rings. The van der Waals surface area contributed by atoms with Gasteiger partial charge in [-0.3, -0.25) is 0 Å². The van der Waals surface area contributed by atoms with Crippen molar-refractivity contribution in [1.82, 2.24) is 9.97 Å². The summed E-state index contributed by atoms with van der Waals surface area (Å²) in [7, 11) is 0. The molecule has 4 N–H and O–H groups in total. The van der Waals surface area contributed by atoms with Gasteiger partial charge in [-0.25, -0.2) is 9.97 Å². The number of nitrogens with zero attached hydrogens (tertiary/aromatic N) is 3. The SMILES string of the molecule is Cc1nc(N2CCC3(CCC[C@H]3N)CC2)c(C(O)CO)nc1Sc1cccc(Cl)c1Cl. The molecule has 1 spiro atoms. The minimum atomic E-state index is -1.11. The molecule has 2 atom stereocenters. The predicted molar refractivity (Wildman–Crippen MR) is 125 cm³/mol. The number of rotatable bonds is 5. The predicted octanol–water partition coefficient (Wildman–Crippen LogP) is 4.37. The summed E-state index contributed by atoms with van der Waals surface area (Å²) >= 11 is 13.8. The number of hydrogen-bond donors (Lipinski definition) is 3. The summed E-state index contributed by atoms with van der Waals surface area (Å²) in [6.45, 7) is 3.11. The highest BCUT2D eigenvalue weighted by Gasteiger charge is 2.43. The second-order valence-electron chi connectivity index (χ2n) is 8.52. The highest BCUT2D eigenvalue weighted by atomic mass is 35.5. The van der Waals surface area contributed by atoms with E-state index in [0.717, 1.165) is 42.9 Å². The van der Waals surface area contributed by atoms with Crippen LogP contribution in [0.3, 0.4) is 0 Å². The average Bonchev–Trinajstić information content (AvgIpc) is 3.12. The van der Waals surface area contributed by atoms with Crippen LogP contribution in [-0.2, 0) is 0 Å². The maximum absolute atomic E-state index is 10.5. The Morgan fingerprint density at radius 1 is 1.26 bits per heavy atom. The van der Waals surface area contributed by atoms with E-state index in [1.165, 1.54) is 24.6 Å². The molecule has 2 aliphatic rings. The van der Waals surface area contributed by atoms with Crippen molar-refractivity contribution in [3.63, 3.8) is 0 Å². The van der Waals surface area contributed by atoms with E-state index in [4.69, 9.17) is 38.9 Å². The first-order valence-corrected chi connectivity index (χ1v) is 12.2. The lowest BCUT2D eigenvalue weighted by atomic mass is 9.74. The number of halogens is 2. The lowest BCUT2D eigenvalue weighted by molar-refractivity contribution is 0.0915. The Morgan fingerprint density at radius 2 is 2.00 bits per heavy atom. The second kappa shape index (κ2) is 9.41. The number of aromatic nitrogens is 2. The number of anilines is 1. The Hall–Kier alpha value is -1.09. The van der Waals surface area contributed by atoms with E-state index in [0.29, 0.717) is 26.6 Å². The molecule has 1 aliphatic carbocycles. The van der Waals surface area contributed by atoms with Crippen molar-refractivity contribution in [3.05, 3.63) is 39.6 Å². The summed E-state index contributed by atoms with van der Waals surface area (Å²) in [6, 6.07) is 5.70. The minimum Gasteiger partial charge on any atom is -0.393 e. The van der Waals surface area contributed by atoms with Crippen molar-refractivity contribution in [3.8, 4) is 0 Å². The molecule has 1 unspecified atom stereocenters. The standard InChI is InChI=1S/C22H28Cl2N4O2S/c1-13-21(31-16-5-2-4-14(23)18(16)24)27-19(15(30)12-29)20(26-13)28-10-8-22(9-11-28)7-3-6-17(22)25/h2,4-5,15,17,29-30H,3,6-12,25H2,1H3/t15?,17-/m1/s1. The van der Waals surface area contributed by atoms with Crippen molar-refractivity contribution in [2.75, 3.05) is 24.6 Å². The molecular formula is C22H28Cl2N4O2S. The molecule has 0 amide bonds. The van der Waals surface area contributed by atoms with Crippen molar-refractivity contribution >= 4 is 40.8 Å². The van der Waals surface area contributed by atoms with E-state index < -0.39 is 12.7 Å². The van der Waals surface area contributed by atoms with Crippen molar-refractivity contribution in [2.45, 2.75) is 61.1 Å². The lowest BCUT2D eigenvalue weighted by Crippen LogP contribution is -2.47. The lowest BCUT2D eigenvalue weighted by Gasteiger charge is -2.43. The third-order valence-corrected chi connectivity index (χ3v) is 8.75. The molecule has 1 saturated carbocycles. The van der Waals surface area contributed by atoms with Crippen LogP contribution in [0.5, 0.6) is 0 Å². The van der Waals surface area contributed by atoms with E-state index in [2.05, 4.69) is 4.90 Å². The van der Waals surface area contributed by atoms with Crippen LogP contribution in [0, 0.1) is 12.3 Å². The zero-order valence-electron chi connectivity index (χ0n) is 17.5. The largest absolute Gasteiger partial charge is 0.393 e. The average molecular weight is 483 g/mol. The van der Waals surface area contributed by atoms with Gasteiger partial charge >= 0.3 is 0 Å². The number of benzene rings is 1. The van der Waals surface area contributed by atoms with Crippen LogP contribution >= 0.6 is 35.0 Å². The van der Waals surface area contributed by atoms with Gasteiger partial charge in [-0.15, -0.1) is 0 Å². The molecule has 1 saturated heterocycles. The van der Waals surface area contributed by atoms with Gasteiger partial charge in [0.1, 0.15) is 16.8 Å². The Labute approximate surface area is 197 Å². The molecule has 168 valence electrons. The Morgan fingerprint density at radius 3 is 2.65 bits per heavy atom. The van der Waals surface area contributed by atoms with Gasteiger partial charge in [-0.2, -0.15) is 0 Å². The number of aliphatic hydroxyl groups is 2. The molecule has 1 aliphatic heterocycles. The first kappa shape index (κ1) is 23.1. The van der Waals surface area contributed by atoms with Crippen LogP contribution < -0.4 is 10.6 Å². The molecule has 9 heteroatoms. The van der Waals surface area contributed by atoms with Gasteiger partial charge in [0.15, 0.2) is 5.82 Å². The quantitative estimate of drug-likeness (QED) is 0.582. The maximum Gasteiger partial charge on any atom is 0.153 e. The molecule has 2 fully saturated rings. The third-order valence-electron chi connectivity index (χ3n) is 6.68. The topological polar surface area (TPSA) is 95.5 Å². The fourth-order valence-electron chi connectivity index (χ4n) is 4.76. The van der Waals surface area contributed by atoms with Gasteiger partial charge in [-0.1, -0.05) is 47.5 Å². The first-order valence-electron chi connectivity index (χ1n) is 10.6. The monoisotopic (exact) mass is 482 g/mol. The van der Waals surface area contributed by atoms with E-state index >= 15 is 0 Å². The van der Waals surface area contributed by atoms with Gasteiger partial charge in [-0.05, 0) is 50.2 Å². The number of nitrogens with two attached hydrogens (primary N) is 1. The van der Waals surface area contributed by atoms with Gasteiger partial charge in [0.05, 0.1) is 22.3 Å². The van der Waals surface area contributed by atoms with Gasteiger partial charge in [0.25, 0.3) is 0 Å². The normalized spacial score (nSPS) is 21.6. The number of piperidine rings is 1. The van der Waals surface area contributed by atoms with E-state index in [9.17, 15) is 10.2 Å². The zero-order chi connectivity index (χ0) is 22.2. The third kappa shape index (κ3) is 4.54. The number of aliphatic hydroxyl groups excluding tert-OH is 2. The second-order valence-corrected chi connectivity index (χ2v) is 10.3. The molecular weight excluding hydrogens is 455 g/mol. The van der Waals surface area contributed by atoms with Crippen LogP contribution in [0.4, 0.5) is 5.82 Å². The molecule has 1 aromatic heterocycles. The molecule has 31 heavy (non-hydrogen) atoms. The molecule has 0 bridgehead atoms. The van der Waals surface area contributed by atoms with E-state index in [1.54, 1.807) is 6.07 Å². The summed E-state index contributed by atoms with van der Waals surface area (Å²) in [6.07, 6.45) is 4.41. The van der Waals surface area contributed by atoms with Crippen LogP contribution in [0.1, 0.15) is 49.6 Å². The highest BCUT2D eigenvalue weighted by Crippen LogP contribution is 2.46. The maximum atomic E-state index is 10.5. The van der Waals surface area contributed by atoms with Crippen molar-refractivity contribution in [1.29, 1.82) is 0 Å². The van der Waals surface area contributed by atoms with E-state index in [1.807, 2.05) is 19.1 Å². The van der Waals surface area contributed by atoms with Gasteiger partial charge in [0, 0.05) is 24.0 Å². The summed E-state index contributed by atoms with van der Waals surface area (Å²) in [4.78, 5) is 12.5. The number of aryl methyl sites for hydroxylation is 1. The summed E-state index contributed by atoms with van der Waals surface area (Å²) in [5.74, 6) is 0.641. The summed E-state index contributed by atoms with van der Waals surface area (Å²) in [5, 5.41) is 21.7. The fraction of sp³-hybridized carbons (Fsp3) is 0.545. The zero-order valence-corrected chi connectivity index (χ0v) is 19.8. The molecule has 2 heterocycles. The van der Waals surface area contributed by atoms with Crippen molar-refractivity contribution < 1.29 is 10.2 Å². The molecule has 4 rings (SSSR count). The van der Waals surface area contributed by atoms with Crippen LogP contribution in [0.25, 0.3) is 0 Å². The summed E-state index contributed by atoms with van der Waals surface area (Å²) < 4.78 is 0. The Kier molecular flexibility index (Phi) is 7.01. The highest BCUT2D eigenvalue weighted by molar-refractivity contribution is 7.99. The first-order chi connectivity index (χ1) is 14.8. The van der Waals surface area contributed by atoms with Gasteiger partial charge in [0.2, 0.25) is 0 Å². The smallest absolute Gasteiger partial charge is 0.153 e. The summed E-state index contributed by atoms with van der Waals surface area (Å²) in [5.41, 5.74) is 7.78. The van der Waals surface area contributed by atoms with Crippen molar-refractivity contribution in [2.24, 2.45) is 11.1 Å². The fourth-order valence-corrected chi connectivity index (χ4v) is 6.12. The van der Waals surface area contributed by atoms with Crippen LogP contribution in [0.15, 0.2) is 28.1 Å². The molecule has 6 nitrogen and oxygen atoms in total. The van der Waals surface area contributed by atoms with E-state index in [-0.39, 0.29) is 11.5 Å². The van der Waals surface area contributed by atoms with Crippen LogP contribution in [0.2, 0.25) is 10.0 Å². The molecule has 0 radical (unpaired) electrons.